The van der Waals surface area contributed by atoms with Crippen molar-refractivity contribution in [1.82, 2.24) is 4.31 Å². The number of carbonyl (C=O) groups excluding carboxylic acids is 1. The average molecular weight is 473 g/mol. The number of hydrogen-bond acceptors (Lipinski definition) is 5. The van der Waals surface area contributed by atoms with Gasteiger partial charge in [-0.15, -0.1) is 0 Å². The van der Waals surface area contributed by atoms with E-state index < -0.39 is 10.0 Å². The minimum atomic E-state index is -3.69. The molecule has 0 spiro atoms. The van der Waals surface area contributed by atoms with Gasteiger partial charge in [-0.2, -0.15) is 4.31 Å². The van der Waals surface area contributed by atoms with Gasteiger partial charge in [-0.3, -0.25) is 4.79 Å². The van der Waals surface area contributed by atoms with Gasteiger partial charge in [0.15, 0.2) is 5.75 Å². The molecule has 1 N–H and O–H groups in total. The molecule has 1 saturated heterocycles. The maximum atomic E-state index is 13.1. The van der Waals surface area contributed by atoms with E-state index in [1.807, 2.05) is 30.3 Å². The van der Waals surface area contributed by atoms with Gasteiger partial charge in [0.2, 0.25) is 15.9 Å². The topological polar surface area (TPSA) is 84.9 Å². The number of sulfonamides is 1. The molecule has 1 heterocycles. The fourth-order valence-electron chi connectivity index (χ4n) is 4.43. The van der Waals surface area contributed by atoms with Crippen molar-refractivity contribution in [2.75, 3.05) is 31.6 Å². The molecule has 1 aliphatic carbocycles. The Kier molecular flexibility index (Phi) is 8.01. The van der Waals surface area contributed by atoms with Crippen molar-refractivity contribution in [2.45, 2.75) is 49.8 Å². The number of benzene rings is 2. The molecule has 0 unspecified atom stereocenters. The second kappa shape index (κ2) is 11.1. The van der Waals surface area contributed by atoms with Gasteiger partial charge in [-0.25, -0.2) is 8.42 Å². The Hall–Kier alpha value is -2.42. The molecule has 0 aromatic heterocycles. The Morgan fingerprint density at radius 1 is 1.03 bits per heavy atom. The number of para-hydroxylation sites is 1. The van der Waals surface area contributed by atoms with Gasteiger partial charge >= 0.3 is 0 Å². The monoisotopic (exact) mass is 472 g/mol. The molecule has 0 radical (unpaired) electrons. The summed E-state index contributed by atoms with van der Waals surface area (Å²) in [4.78, 5) is 12.9. The van der Waals surface area contributed by atoms with E-state index >= 15 is 0 Å². The van der Waals surface area contributed by atoms with Gasteiger partial charge in [0.25, 0.3) is 0 Å². The number of hydrogen-bond donors (Lipinski definition) is 1. The molecule has 2 aromatic rings. The summed E-state index contributed by atoms with van der Waals surface area (Å²) in [5.41, 5.74) is 0.363. The molecule has 0 atom stereocenters. The van der Waals surface area contributed by atoms with Crippen molar-refractivity contribution in [3.8, 4) is 11.5 Å². The van der Waals surface area contributed by atoms with Crippen molar-refractivity contribution >= 4 is 21.6 Å². The summed E-state index contributed by atoms with van der Waals surface area (Å²) < 4.78 is 39.0. The fraction of sp³-hybridized carbons (Fsp3) is 0.480. The van der Waals surface area contributed by atoms with Crippen LogP contribution in [0.25, 0.3) is 0 Å². The number of amides is 1. The van der Waals surface area contributed by atoms with Gasteiger partial charge in [-0.05, 0) is 42.7 Å². The van der Waals surface area contributed by atoms with E-state index in [4.69, 9.17) is 9.47 Å². The lowest BCUT2D eigenvalue weighted by atomic mass is 9.86. The van der Waals surface area contributed by atoms with Crippen molar-refractivity contribution in [1.29, 1.82) is 0 Å². The molecular weight excluding hydrogens is 440 g/mol. The van der Waals surface area contributed by atoms with E-state index in [0.29, 0.717) is 55.8 Å². The lowest BCUT2D eigenvalue weighted by Gasteiger charge is -2.26. The highest BCUT2D eigenvalue weighted by molar-refractivity contribution is 7.89. The first-order valence-electron chi connectivity index (χ1n) is 11.8. The van der Waals surface area contributed by atoms with E-state index in [0.717, 1.165) is 6.42 Å². The highest BCUT2D eigenvalue weighted by Crippen LogP contribution is 2.33. The average Bonchev–Trinajstić information content (AvgIpc) is 2.85. The summed E-state index contributed by atoms with van der Waals surface area (Å²) in [6, 6.07) is 13.9. The minimum Gasteiger partial charge on any atom is -0.455 e. The van der Waals surface area contributed by atoms with Gasteiger partial charge in [-0.1, -0.05) is 50.3 Å². The highest BCUT2D eigenvalue weighted by atomic mass is 32.2. The maximum absolute atomic E-state index is 13.1. The second-order valence-electron chi connectivity index (χ2n) is 8.68. The Bertz CT molecular complexity index is 1030. The van der Waals surface area contributed by atoms with Crippen LogP contribution in [-0.2, 0) is 19.6 Å². The van der Waals surface area contributed by atoms with Crippen molar-refractivity contribution in [2.24, 2.45) is 5.92 Å². The van der Waals surface area contributed by atoms with Crippen molar-refractivity contribution < 1.29 is 22.7 Å². The number of anilines is 1. The molecule has 1 saturated carbocycles. The standard InChI is InChI=1S/C25H32N2O5S/c28-25(14-11-20-7-3-1-4-8-20)26-23-19-22(33(29,30)27-15-17-31-18-16-27)12-13-24(23)32-21-9-5-2-6-10-21/h2,5-6,9-10,12-13,19-20H,1,3-4,7-8,11,14-18H2,(H,26,28). The molecule has 4 rings (SSSR count). The van der Waals surface area contributed by atoms with Crippen LogP contribution in [-0.4, -0.2) is 44.9 Å². The molecule has 7 nitrogen and oxygen atoms in total. The molecule has 2 aromatic carbocycles. The van der Waals surface area contributed by atoms with Gasteiger partial charge in [0.05, 0.1) is 23.8 Å². The third kappa shape index (κ3) is 6.34. The largest absolute Gasteiger partial charge is 0.455 e. The van der Waals surface area contributed by atoms with Crippen molar-refractivity contribution in [3.63, 3.8) is 0 Å². The number of nitrogens with one attached hydrogen (secondary N) is 1. The summed E-state index contributed by atoms with van der Waals surface area (Å²) in [6.45, 7) is 1.37. The number of morpholine rings is 1. The summed E-state index contributed by atoms with van der Waals surface area (Å²) >= 11 is 0. The van der Waals surface area contributed by atoms with Crippen LogP contribution in [0.4, 0.5) is 5.69 Å². The normalized spacial score (nSPS) is 18.1. The molecular formula is C25H32N2O5S. The van der Waals surface area contributed by atoms with Crippen LogP contribution in [0.15, 0.2) is 53.4 Å². The summed E-state index contributed by atoms with van der Waals surface area (Å²) in [5.74, 6) is 1.49. The van der Waals surface area contributed by atoms with E-state index in [2.05, 4.69) is 5.32 Å². The Morgan fingerprint density at radius 2 is 1.76 bits per heavy atom. The van der Waals surface area contributed by atoms with Gasteiger partial charge < -0.3 is 14.8 Å². The fourth-order valence-corrected chi connectivity index (χ4v) is 5.87. The van der Waals surface area contributed by atoms with Crippen LogP contribution < -0.4 is 10.1 Å². The molecule has 1 aliphatic heterocycles. The quantitative estimate of drug-likeness (QED) is 0.597. The number of nitrogens with zero attached hydrogens (tertiary/aromatic N) is 1. The Balaban J connectivity index is 1.54. The SMILES string of the molecule is O=C(CCC1CCCCC1)Nc1cc(S(=O)(=O)N2CCOCC2)ccc1Oc1ccccc1. The van der Waals surface area contributed by atoms with E-state index in [1.54, 1.807) is 6.07 Å². The van der Waals surface area contributed by atoms with Crippen LogP contribution in [0.1, 0.15) is 44.9 Å². The van der Waals surface area contributed by atoms with Crippen LogP contribution in [0.3, 0.4) is 0 Å². The smallest absolute Gasteiger partial charge is 0.243 e. The zero-order chi connectivity index (χ0) is 23.1. The molecule has 2 aliphatic rings. The summed E-state index contributed by atoms with van der Waals surface area (Å²) in [7, 11) is -3.69. The number of carbonyl (C=O) groups is 1. The van der Waals surface area contributed by atoms with E-state index in [1.165, 1.54) is 48.5 Å². The second-order valence-corrected chi connectivity index (χ2v) is 10.6. The molecule has 2 fully saturated rings. The van der Waals surface area contributed by atoms with E-state index in [9.17, 15) is 13.2 Å². The summed E-state index contributed by atoms with van der Waals surface area (Å²) in [5, 5.41) is 2.91. The van der Waals surface area contributed by atoms with Gasteiger partial charge in [0, 0.05) is 19.5 Å². The number of ether oxygens (including phenoxy) is 2. The lowest BCUT2D eigenvalue weighted by molar-refractivity contribution is -0.116. The zero-order valence-corrected chi connectivity index (χ0v) is 19.7. The van der Waals surface area contributed by atoms with Crippen LogP contribution in [0.5, 0.6) is 11.5 Å². The predicted molar refractivity (Wildman–Crippen MR) is 127 cm³/mol. The van der Waals surface area contributed by atoms with Gasteiger partial charge in [0.1, 0.15) is 5.75 Å². The molecule has 1 amide bonds. The third-order valence-corrected chi connectivity index (χ3v) is 8.20. The molecule has 8 heteroatoms. The minimum absolute atomic E-state index is 0.126. The molecule has 33 heavy (non-hydrogen) atoms. The Labute approximate surface area is 196 Å². The third-order valence-electron chi connectivity index (χ3n) is 6.31. The van der Waals surface area contributed by atoms with Crippen LogP contribution in [0.2, 0.25) is 0 Å². The predicted octanol–water partition coefficient (Wildman–Crippen LogP) is 4.80. The first-order valence-corrected chi connectivity index (χ1v) is 13.2. The number of rotatable bonds is 8. The van der Waals surface area contributed by atoms with Crippen molar-refractivity contribution in [3.05, 3.63) is 48.5 Å². The summed E-state index contributed by atoms with van der Waals surface area (Å²) in [6.07, 6.45) is 7.40. The first-order chi connectivity index (χ1) is 16.0. The Morgan fingerprint density at radius 3 is 2.48 bits per heavy atom. The zero-order valence-electron chi connectivity index (χ0n) is 18.9. The molecule has 178 valence electrons. The molecule has 0 bridgehead atoms. The highest BCUT2D eigenvalue weighted by Gasteiger charge is 2.27. The lowest BCUT2D eigenvalue weighted by Crippen LogP contribution is -2.40. The first kappa shape index (κ1) is 23.7. The van der Waals surface area contributed by atoms with E-state index in [-0.39, 0.29) is 10.8 Å². The maximum Gasteiger partial charge on any atom is 0.243 e. The van der Waals surface area contributed by atoms with Crippen LogP contribution >= 0.6 is 0 Å². The van der Waals surface area contributed by atoms with Crippen LogP contribution in [0, 0.1) is 5.92 Å².